The van der Waals surface area contributed by atoms with Gasteiger partial charge < -0.3 is 5.32 Å². The Kier molecular flexibility index (Phi) is 3.60. The van der Waals surface area contributed by atoms with E-state index in [0.29, 0.717) is 5.78 Å². The standard InChI is InChI=1S/C17H19N7/c1-12-10-16(24-17(21-12)19-11-20-24)18-8-5-9-23-15-7-4-3-6-14(15)13(2)22-23/h3-4,6-7,10-11,18H,5,8-9H2,1-2H3. The number of nitrogens with zero attached hydrogens (tertiary/aromatic N) is 6. The van der Waals surface area contributed by atoms with E-state index in [-0.39, 0.29) is 0 Å². The highest BCUT2D eigenvalue weighted by molar-refractivity contribution is 5.81. The van der Waals surface area contributed by atoms with Gasteiger partial charge in [0, 0.05) is 30.2 Å². The van der Waals surface area contributed by atoms with Crippen molar-refractivity contribution in [3.63, 3.8) is 0 Å². The summed E-state index contributed by atoms with van der Waals surface area (Å²) < 4.78 is 3.80. The minimum atomic E-state index is 0.617. The fourth-order valence-corrected chi connectivity index (χ4v) is 2.97. The molecule has 0 saturated carbocycles. The molecule has 7 heteroatoms. The number of benzene rings is 1. The maximum absolute atomic E-state index is 4.64. The fraction of sp³-hybridized carbons (Fsp3) is 0.294. The van der Waals surface area contributed by atoms with Gasteiger partial charge in [-0.3, -0.25) is 4.68 Å². The number of hydrogen-bond donors (Lipinski definition) is 1. The van der Waals surface area contributed by atoms with Crippen molar-refractivity contribution >= 4 is 22.5 Å². The molecule has 0 spiro atoms. The molecule has 0 aliphatic carbocycles. The van der Waals surface area contributed by atoms with Crippen molar-refractivity contribution in [2.75, 3.05) is 11.9 Å². The summed E-state index contributed by atoms with van der Waals surface area (Å²) in [6.45, 7) is 5.70. The van der Waals surface area contributed by atoms with Gasteiger partial charge in [0.15, 0.2) is 0 Å². The second-order valence-electron chi connectivity index (χ2n) is 5.86. The molecule has 0 aliphatic heterocycles. The molecule has 4 aromatic rings. The van der Waals surface area contributed by atoms with Crippen molar-refractivity contribution < 1.29 is 0 Å². The number of para-hydroxylation sites is 1. The Morgan fingerprint density at radius 3 is 2.96 bits per heavy atom. The van der Waals surface area contributed by atoms with Crippen LogP contribution in [0.4, 0.5) is 5.82 Å². The molecule has 0 atom stereocenters. The monoisotopic (exact) mass is 321 g/mol. The molecule has 122 valence electrons. The van der Waals surface area contributed by atoms with Crippen LogP contribution in [-0.2, 0) is 6.54 Å². The Hall–Kier alpha value is -2.96. The van der Waals surface area contributed by atoms with E-state index < -0.39 is 0 Å². The Morgan fingerprint density at radius 2 is 2.04 bits per heavy atom. The molecule has 1 N–H and O–H groups in total. The smallest absolute Gasteiger partial charge is 0.254 e. The molecule has 0 radical (unpaired) electrons. The Balaban J connectivity index is 1.45. The zero-order chi connectivity index (χ0) is 16.5. The van der Waals surface area contributed by atoms with Gasteiger partial charge in [-0.15, -0.1) is 0 Å². The molecule has 4 rings (SSSR count). The van der Waals surface area contributed by atoms with E-state index in [4.69, 9.17) is 0 Å². The van der Waals surface area contributed by atoms with Gasteiger partial charge in [-0.2, -0.15) is 19.7 Å². The molecular weight excluding hydrogens is 302 g/mol. The van der Waals surface area contributed by atoms with Gasteiger partial charge in [-0.1, -0.05) is 18.2 Å². The van der Waals surface area contributed by atoms with E-state index in [1.54, 1.807) is 4.52 Å². The van der Waals surface area contributed by atoms with Gasteiger partial charge >= 0.3 is 0 Å². The molecule has 0 aliphatic rings. The lowest BCUT2D eigenvalue weighted by atomic mass is 10.2. The lowest BCUT2D eigenvalue weighted by Crippen LogP contribution is -2.11. The highest BCUT2D eigenvalue weighted by Gasteiger charge is 2.07. The predicted molar refractivity (Wildman–Crippen MR) is 93.1 cm³/mol. The third-order valence-electron chi connectivity index (χ3n) is 4.08. The van der Waals surface area contributed by atoms with Crippen LogP contribution in [0.2, 0.25) is 0 Å². The van der Waals surface area contributed by atoms with Crippen LogP contribution in [0.25, 0.3) is 16.7 Å². The van der Waals surface area contributed by atoms with E-state index in [0.717, 1.165) is 36.7 Å². The van der Waals surface area contributed by atoms with Crippen molar-refractivity contribution in [3.05, 3.63) is 48.0 Å². The van der Waals surface area contributed by atoms with Crippen LogP contribution in [0.15, 0.2) is 36.7 Å². The number of nitrogens with one attached hydrogen (secondary N) is 1. The lowest BCUT2D eigenvalue weighted by molar-refractivity contribution is 0.604. The first-order chi connectivity index (χ1) is 11.7. The minimum absolute atomic E-state index is 0.617. The van der Waals surface area contributed by atoms with Crippen molar-refractivity contribution in [3.8, 4) is 0 Å². The maximum atomic E-state index is 4.64. The Bertz CT molecular complexity index is 999. The van der Waals surface area contributed by atoms with Crippen LogP contribution in [0.5, 0.6) is 0 Å². The van der Waals surface area contributed by atoms with E-state index in [2.05, 4.69) is 61.4 Å². The van der Waals surface area contributed by atoms with Gasteiger partial charge in [0.05, 0.1) is 11.2 Å². The largest absolute Gasteiger partial charge is 0.370 e. The molecule has 0 unspecified atom stereocenters. The van der Waals surface area contributed by atoms with Crippen LogP contribution in [0.3, 0.4) is 0 Å². The summed E-state index contributed by atoms with van der Waals surface area (Å²) in [7, 11) is 0. The molecule has 24 heavy (non-hydrogen) atoms. The van der Waals surface area contributed by atoms with Crippen LogP contribution in [-0.4, -0.2) is 35.9 Å². The molecule has 1 aromatic carbocycles. The van der Waals surface area contributed by atoms with Gasteiger partial charge in [0.1, 0.15) is 12.1 Å². The first-order valence-corrected chi connectivity index (χ1v) is 8.06. The van der Waals surface area contributed by atoms with E-state index >= 15 is 0 Å². The topological polar surface area (TPSA) is 72.9 Å². The van der Waals surface area contributed by atoms with Crippen LogP contribution in [0, 0.1) is 13.8 Å². The summed E-state index contributed by atoms with van der Waals surface area (Å²) in [5.41, 5.74) is 3.19. The molecule has 7 nitrogen and oxygen atoms in total. The average molecular weight is 321 g/mol. The lowest BCUT2D eigenvalue weighted by Gasteiger charge is -2.09. The second kappa shape index (κ2) is 5.92. The highest BCUT2D eigenvalue weighted by atomic mass is 15.4. The summed E-state index contributed by atoms with van der Waals surface area (Å²) in [5, 5.41) is 13.5. The van der Waals surface area contributed by atoms with Gasteiger partial charge in [0.25, 0.3) is 5.78 Å². The molecule has 3 heterocycles. The zero-order valence-electron chi connectivity index (χ0n) is 13.8. The Morgan fingerprint density at radius 1 is 1.17 bits per heavy atom. The van der Waals surface area contributed by atoms with Gasteiger partial charge in [-0.05, 0) is 26.3 Å². The van der Waals surface area contributed by atoms with Crippen LogP contribution < -0.4 is 5.32 Å². The molecule has 0 fully saturated rings. The molecular formula is C17H19N7. The van der Waals surface area contributed by atoms with Gasteiger partial charge in [0.2, 0.25) is 0 Å². The van der Waals surface area contributed by atoms with Crippen molar-refractivity contribution in [2.24, 2.45) is 0 Å². The number of aryl methyl sites for hydroxylation is 3. The molecule has 0 amide bonds. The second-order valence-corrected chi connectivity index (χ2v) is 5.86. The predicted octanol–water partition coefficient (Wildman–Crippen LogP) is 2.59. The van der Waals surface area contributed by atoms with E-state index in [9.17, 15) is 0 Å². The summed E-state index contributed by atoms with van der Waals surface area (Å²) in [6, 6.07) is 10.3. The van der Waals surface area contributed by atoms with Crippen LogP contribution in [0.1, 0.15) is 17.8 Å². The zero-order valence-corrected chi connectivity index (χ0v) is 13.8. The quantitative estimate of drug-likeness (QED) is 0.572. The molecule has 0 bridgehead atoms. The van der Waals surface area contributed by atoms with Crippen molar-refractivity contribution in [2.45, 2.75) is 26.8 Å². The summed E-state index contributed by atoms with van der Waals surface area (Å²) in [5.74, 6) is 1.53. The van der Waals surface area contributed by atoms with Crippen molar-refractivity contribution in [1.29, 1.82) is 0 Å². The average Bonchev–Trinajstić information content (AvgIpc) is 3.17. The normalized spacial score (nSPS) is 11.4. The molecule has 0 saturated heterocycles. The first-order valence-electron chi connectivity index (χ1n) is 8.06. The van der Waals surface area contributed by atoms with E-state index in [1.807, 2.05) is 13.0 Å². The highest BCUT2D eigenvalue weighted by Crippen LogP contribution is 2.17. The molecule has 3 aromatic heterocycles. The van der Waals surface area contributed by atoms with E-state index in [1.165, 1.54) is 17.2 Å². The first kappa shape index (κ1) is 14.6. The third kappa shape index (κ3) is 2.58. The maximum Gasteiger partial charge on any atom is 0.254 e. The summed E-state index contributed by atoms with van der Waals surface area (Å²) in [4.78, 5) is 8.48. The SMILES string of the molecule is Cc1cc(NCCCn2nc(C)c3ccccc32)n2ncnc2n1. The number of hydrogen-bond acceptors (Lipinski definition) is 5. The Labute approximate surface area is 139 Å². The summed E-state index contributed by atoms with van der Waals surface area (Å²) in [6.07, 6.45) is 2.48. The minimum Gasteiger partial charge on any atom is -0.370 e. The number of fused-ring (bicyclic) bond motifs is 2. The number of aromatic nitrogens is 6. The summed E-state index contributed by atoms with van der Waals surface area (Å²) >= 11 is 0. The van der Waals surface area contributed by atoms with Crippen molar-refractivity contribution in [1.82, 2.24) is 29.4 Å². The van der Waals surface area contributed by atoms with Crippen LogP contribution >= 0.6 is 0 Å². The number of anilines is 1. The van der Waals surface area contributed by atoms with Gasteiger partial charge in [-0.25, -0.2) is 4.98 Å². The third-order valence-corrected chi connectivity index (χ3v) is 4.08. The number of rotatable bonds is 5. The fourth-order valence-electron chi connectivity index (χ4n) is 2.97.